The smallest absolute Gasteiger partial charge is 0.462 e. The standard InChI is InChI=1S/C48H93O8P/c1-3-5-7-9-11-13-15-17-19-21-22-23-24-25-27-29-31-33-35-37-39-41-43-48(50)56-46(45-55-57(51,52)53)44-54-47(49)42-40-38-36-34-32-30-28-26-20-18-16-14-12-10-8-6-4-2/h14,16,46H,3-13,15,17-45H2,1-2H3,(H2,51,52,53)/b16-14+/t46-/m1/s1. The summed E-state index contributed by atoms with van der Waals surface area (Å²) >= 11 is 0. The van der Waals surface area contributed by atoms with Gasteiger partial charge in [0.1, 0.15) is 6.61 Å². The molecule has 9 heteroatoms. The number of hydrogen-bond donors (Lipinski definition) is 2. The van der Waals surface area contributed by atoms with Gasteiger partial charge in [-0.05, 0) is 38.5 Å². The Morgan fingerprint density at radius 2 is 0.737 bits per heavy atom. The van der Waals surface area contributed by atoms with Gasteiger partial charge in [0.05, 0.1) is 6.61 Å². The van der Waals surface area contributed by atoms with Gasteiger partial charge in [-0.15, -0.1) is 0 Å². The molecule has 0 aliphatic carbocycles. The van der Waals surface area contributed by atoms with Crippen LogP contribution < -0.4 is 0 Å². The maximum absolute atomic E-state index is 12.5. The molecule has 0 amide bonds. The number of hydrogen-bond acceptors (Lipinski definition) is 6. The molecule has 0 spiro atoms. The first kappa shape index (κ1) is 55.8. The quantitative estimate of drug-likeness (QED) is 0.0269. The summed E-state index contributed by atoms with van der Waals surface area (Å²) in [6.45, 7) is 3.72. The molecule has 57 heavy (non-hydrogen) atoms. The van der Waals surface area contributed by atoms with Gasteiger partial charge in [0.2, 0.25) is 0 Å². The van der Waals surface area contributed by atoms with E-state index in [-0.39, 0.29) is 19.4 Å². The van der Waals surface area contributed by atoms with Gasteiger partial charge >= 0.3 is 19.8 Å². The number of unbranched alkanes of at least 4 members (excludes halogenated alkanes) is 34. The van der Waals surface area contributed by atoms with E-state index in [1.54, 1.807) is 0 Å². The van der Waals surface area contributed by atoms with Gasteiger partial charge in [0.25, 0.3) is 0 Å². The fourth-order valence-corrected chi connectivity index (χ4v) is 7.73. The van der Waals surface area contributed by atoms with Gasteiger partial charge in [0.15, 0.2) is 6.10 Å². The molecule has 0 saturated heterocycles. The zero-order chi connectivity index (χ0) is 41.8. The lowest BCUT2D eigenvalue weighted by Gasteiger charge is -2.18. The lowest BCUT2D eigenvalue weighted by Crippen LogP contribution is -2.29. The lowest BCUT2D eigenvalue weighted by atomic mass is 10.0. The number of allylic oxidation sites excluding steroid dienone is 2. The second kappa shape index (κ2) is 44.3. The van der Waals surface area contributed by atoms with Crippen LogP contribution in [0.5, 0.6) is 0 Å². The summed E-state index contributed by atoms with van der Waals surface area (Å²) in [5, 5.41) is 0. The third kappa shape index (κ3) is 47.3. The van der Waals surface area contributed by atoms with Crippen molar-refractivity contribution in [2.24, 2.45) is 0 Å². The van der Waals surface area contributed by atoms with E-state index < -0.39 is 32.5 Å². The molecule has 0 bridgehead atoms. The maximum Gasteiger partial charge on any atom is 0.469 e. The Morgan fingerprint density at radius 3 is 1.09 bits per heavy atom. The van der Waals surface area contributed by atoms with E-state index in [1.165, 1.54) is 199 Å². The second-order valence-corrected chi connectivity index (χ2v) is 18.0. The predicted octanol–water partition coefficient (Wildman–Crippen LogP) is 15.4. The fourth-order valence-electron chi connectivity index (χ4n) is 7.37. The Balaban J connectivity index is 3.79. The Hall–Kier alpha value is -1.21. The first-order chi connectivity index (χ1) is 27.8. The van der Waals surface area contributed by atoms with Crippen LogP contribution in [0.25, 0.3) is 0 Å². The van der Waals surface area contributed by atoms with Crippen LogP contribution in [0, 0.1) is 0 Å². The van der Waals surface area contributed by atoms with Crippen molar-refractivity contribution in [1.82, 2.24) is 0 Å². The van der Waals surface area contributed by atoms with Crippen molar-refractivity contribution in [3.05, 3.63) is 12.2 Å². The minimum absolute atomic E-state index is 0.218. The number of rotatable bonds is 46. The molecule has 0 saturated carbocycles. The molecule has 0 fully saturated rings. The van der Waals surface area contributed by atoms with E-state index in [4.69, 9.17) is 19.3 Å². The summed E-state index contributed by atoms with van der Waals surface area (Å²) in [5.74, 6) is -0.870. The van der Waals surface area contributed by atoms with Crippen molar-refractivity contribution < 1.29 is 37.9 Å². The van der Waals surface area contributed by atoms with E-state index in [0.717, 1.165) is 32.1 Å². The highest BCUT2D eigenvalue weighted by Crippen LogP contribution is 2.36. The summed E-state index contributed by atoms with van der Waals surface area (Å²) in [5.41, 5.74) is 0. The topological polar surface area (TPSA) is 119 Å². The Bertz CT molecular complexity index is 935. The Labute approximate surface area is 352 Å². The average Bonchev–Trinajstić information content (AvgIpc) is 3.18. The molecule has 0 unspecified atom stereocenters. The van der Waals surface area contributed by atoms with Gasteiger partial charge < -0.3 is 19.3 Å². The van der Waals surface area contributed by atoms with Crippen LogP contribution in [-0.4, -0.2) is 41.0 Å². The number of carbonyl (C=O) groups is 2. The van der Waals surface area contributed by atoms with Gasteiger partial charge in [-0.3, -0.25) is 14.1 Å². The third-order valence-electron chi connectivity index (χ3n) is 11.0. The Morgan fingerprint density at radius 1 is 0.439 bits per heavy atom. The number of ether oxygens (including phenoxy) is 2. The van der Waals surface area contributed by atoms with Crippen LogP contribution in [0.3, 0.4) is 0 Å². The van der Waals surface area contributed by atoms with Crippen molar-refractivity contribution in [2.75, 3.05) is 13.2 Å². The summed E-state index contributed by atoms with van der Waals surface area (Å²) in [7, 11) is -4.75. The zero-order valence-corrected chi connectivity index (χ0v) is 38.4. The second-order valence-electron chi connectivity index (χ2n) is 16.8. The molecule has 338 valence electrons. The normalized spacial score (nSPS) is 12.4. The van der Waals surface area contributed by atoms with E-state index in [0.29, 0.717) is 6.42 Å². The fraction of sp³-hybridized carbons (Fsp3) is 0.917. The molecule has 2 N–H and O–H groups in total. The van der Waals surface area contributed by atoms with E-state index in [1.807, 2.05) is 0 Å². The first-order valence-electron chi connectivity index (χ1n) is 24.5. The van der Waals surface area contributed by atoms with Gasteiger partial charge in [-0.1, -0.05) is 225 Å². The van der Waals surface area contributed by atoms with Crippen molar-refractivity contribution in [1.29, 1.82) is 0 Å². The van der Waals surface area contributed by atoms with Gasteiger partial charge in [0, 0.05) is 12.8 Å². The van der Waals surface area contributed by atoms with E-state index in [9.17, 15) is 14.2 Å². The molecule has 0 aliphatic rings. The highest BCUT2D eigenvalue weighted by Gasteiger charge is 2.23. The van der Waals surface area contributed by atoms with Crippen LogP contribution in [0.2, 0.25) is 0 Å². The monoisotopic (exact) mass is 829 g/mol. The largest absolute Gasteiger partial charge is 0.469 e. The molecular formula is C48H93O8P. The molecule has 0 rings (SSSR count). The van der Waals surface area contributed by atoms with Crippen molar-refractivity contribution in [2.45, 2.75) is 270 Å². The van der Waals surface area contributed by atoms with Crippen LogP contribution in [0.15, 0.2) is 12.2 Å². The molecule has 0 heterocycles. The Kier molecular flexibility index (Phi) is 43.4. The molecule has 0 aromatic heterocycles. The number of phosphoric acid groups is 1. The lowest BCUT2D eigenvalue weighted by molar-refractivity contribution is -0.161. The zero-order valence-electron chi connectivity index (χ0n) is 37.5. The van der Waals surface area contributed by atoms with E-state index in [2.05, 4.69) is 30.5 Å². The molecule has 0 aliphatic heterocycles. The number of phosphoric ester groups is 1. The molecule has 0 radical (unpaired) electrons. The third-order valence-corrected chi connectivity index (χ3v) is 11.5. The first-order valence-corrected chi connectivity index (χ1v) is 26.0. The predicted molar refractivity (Wildman–Crippen MR) is 239 cm³/mol. The summed E-state index contributed by atoms with van der Waals surface area (Å²) in [4.78, 5) is 43.0. The average molecular weight is 829 g/mol. The van der Waals surface area contributed by atoms with Crippen LogP contribution in [0.4, 0.5) is 0 Å². The maximum atomic E-state index is 12.5. The summed E-state index contributed by atoms with van der Waals surface area (Å²) < 4.78 is 26.5. The SMILES string of the molecule is CCCCCC/C=C/CCCCCCCCCCCC(=O)OC[C@H](COP(=O)(O)O)OC(=O)CCCCCCCCCCCCCCCCCCCCCCCC. The van der Waals surface area contributed by atoms with Gasteiger partial charge in [-0.25, -0.2) is 4.57 Å². The highest BCUT2D eigenvalue weighted by molar-refractivity contribution is 7.46. The molecule has 1 atom stereocenters. The summed E-state index contributed by atoms with van der Waals surface area (Å²) in [6.07, 6.45) is 50.8. The summed E-state index contributed by atoms with van der Waals surface area (Å²) in [6, 6.07) is 0. The van der Waals surface area contributed by atoms with Crippen LogP contribution >= 0.6 is 7.82 Å². The van der Waals surface area contributed by atoms with Gasteiger partial charge in [-0.2, -0.15) is 0 Å². The van der Waals surface area contributed by atoms with Crippen molar-refractivity contribution >= 4 is 19.8 Å². The minimum Gasteiger partial charge on any atom is -0.462 e. The van der Waals surface area contributed by atoms with Crippen molar-refractivity contribution in [3.8, 4) is 0 Å². The number of esters is 2. The highest BCUT2D eigenvalue weighted by atomic mass is 31.2. The minimum atomic E-state index is -4.75. The molecule has 8 nitrogen and oxygen atoms in total. The van der Waals surface area contributed by atoms with E-state index >= 15 is 0 Å². The van der Waals surface area contributed by atoms with Crippen LogP contribution in [0.1, 0.15) is 264 Å². The molecule has 0 aromatic rings. The van der Waals surface area contributed by atoms with Crippen LogP contribution in [-0.2, 0) is 28.2 Å². The van der Waals surface area contributed by atoms with Crippen molar-refractivity contribution in [3.63, 3.8) is 0 Å². The number of carbonyl (C=O) groups excluding carboxylic acids is 2. The molecule has 0 aromatic carbocycles. The molecular weight excluding hydrogens is 735 g/mol.